The van der Waals surface area contributed by atoms with E-state index in [0.717, 1.165) is 62.0 Å². The van der Waals surface area contributed by atoms with Crippen molar-refractivity contribution < 1.29 is 4.79 Å². The molecule has 1 saturated heterocycles. The van der Waals surface area contributed by atoms with Crippen LogP contribution >= 0.6 is 0 Å². The summed E-state index contributed by atoms with van der Waals surface area (Å²) in [5.41, 5.74) is 2.00. The molecule has 2 aromatic carbocycles. The molecule has 2 fully saturated rings. The number of rotatable bonds is 6. The summed E-state index contributed by atoms with van der Waals surface area (Å²) >= 11 is 0. The number of nitrogens with zero attached hydrogens (tertiary/aromatic N) is 4. The molecule has 34 heavy (non-hydrogen) atoms. The predicted octanol–water partition coefficient (Wildman–Crippen LogP) is 5.94. The number of carbonyl (C=O) groups excluding carboxylic acids is 1. The van der Waals surface area contributed by atoms with Crippen LogP contribution in [0, 0.1) is 11.8 Å². The third-order valence-electron chi connectivity index (χ3n) is 7.79. The topological polar surface area (TPSA) is 49.3 Å². The molecule has 5 nitrogen and oxygen atoms in total. The molecule has 2 heterocycles. The summed E-state index contributed by atoms with van der Waals surface area (Å²) in [6.45, 7) is 5.46. The number of aromatic nitrogens is 2. The highest BCUT2D eigenvalue weighted by Crippen LogP contribution is 2.33. The summed E-state index contributed by atoms with van der Waals surface area (Å²) in [6.07, 6.45) is 8.57. The van der Waals surface area contributed by atoms with Crippen LogP contribution in [0.3, 0.4) is 0 Å². The smallest absolute Gasteiger partial charge is 0.225 e. The number of piperazine rings is 1. The molecular formula is C29H36N4O. The van der Waals surface area contributed by atoms with Gasteiger partial charge in [-0.25, -0.2) is 0 Å². The van der Waals surface area contributed by atoms with Crippen molar-refractivity contribution in [2.45, 2.75) is 51.9 Å². The van der Waals surface area contributed by atoms with Gasteiger partial charge in [-0.3, -0.25) is 4.79 Å². The van der Waals surface area contributed by atoms with E-state index in [9.17, 15) is 4.79 Å². The lowest BCUT2D eigenvalue weighted by atomic mass is 9.79. The Bertz CT molecular complexity index is 1090. The van der Waals surface area contributed by atoms with Crippen molar-refractivity contribution in [3.05, 3.63) is 54.6 Å². The van der Waals surface area contributed by atoms with Gasteiger partial charge in [0.2, 0.25) is 5.91 Å². The van der Waals surface area contributed by atoms with E-state index in [1.54, 1.807) is 0 Å². The van der Waals surface area contributed by atoms with Crippen LogP contribution in [0.5, 0.6) is 0 Å². The molecule has 0 bridgehead atoms. The number of benzene rings is 2. The van der Waals surface area contributed by atoms with E-state index in [1.165, 1.54) is 42.9 Å². The van der Waals surface area contributed by atoms with E-state index in [-0.39, 0.29) is 5.92 Å². The van der Waals surface area contributed by atoms with Crippen molar-refractivity contribution in [2.75, 3.05) is 31.1 Å². The fourth-order valence-electron chi connectivity index (χ4n) is 5.69. The molecule has 2 aliphatic rings. The first kappa shape index (κ1) is 22.8. The molecule has 1 amide bonds. The molecule has 0 radical (unpaired) electrons. The fourth-order valence-corrected chi connectivity index (χ4v) is 5.69. The lowest BCUT2D eigenvalue weighted by Gasteiger charge is -2.38. The summed E-state index contributed by atoms with van der Waals surface area (Å²) in [7, 11) is 0. The molecule has 5 rings (SSSR count). The Morgan fingerprint density at radius 3 is 2.38 bits per heavy atom. The normalized spacial score (nSPS) is 21.1. The number of unbranched alkanes of at least 4 members (excludes halogenated alkanes) is 1. The van der Waals surface area contributed by atoms with E-state index in [2.05, 4.69) is 81.5 Å². The van der Waals surface area contributed by atoms with Crippen LogP contribution in [0.4, 0.5) is 5.82 Å². The summed E-state index contributed by atoms with van der Waals surface area (Å²) in [5.74, 6) is 2.36. The maximum atomic E-state index is 13.1. The van der Waals surface area contributed by atoms with Gasteiger partial charge in [0.15, 0.2) is 5.82 Å². The minimum atomic E-state index is 0.240. The number of hydrogen-bond acceptors (Lipinski definition) is 4. The summed E-state index contributed by atoms with van der Waals surface area (Å²) < 4.78 is 0. The van der Waals surface area contributed by atoms with Gasteiger partial charge in [0.05, 0.1) is 5.69 Å². The first-order chi connectivity index (χ1) is 16.7. The Labute approximate surface area is 203 Å². The highest BCUT2D eigenvalue weighted by Gasteiger charge is 2.31. The molecule has 1 aliphatic heterocycles. The Kier molecular flexibility index (Phi) is 7.08. The Hall–Kier alpha value is -2.95. The van der Waals surface area contributed by atoms with E-state index in [0.29, 0.717) is 5.91 Å². The van der Waals surface area contributed by atoms with Gasteiger partial charge in [-0.15, -0.1) is 10.2 Å². The second-order valence-electron chi connectivity index (χ2n) is 9.98. The van der Waals surface area contributed by atoms with Crippen molar-refractivity contribution in [3.8, 4) is 11.3 Å². The Morgan fingerprint density at radius 2 is 1.65 bits per heavy atom. The summed E-state index contributed by atoms with van der Waals surface area (Å²) in [5, 5.41) is 11.5. The molecular weight excluding hydrogens is 420 g/mol. The van der Waals surface area contributed by atoms with Gasteiger partial charge >= 0.3 is 0 Å². The Morgan fingerprint density at radius 1 is 0.882 bits per heavy atom. The average molecular weight is 457 g/mol. The third-order valence-corrected chi connectivity index (χ3v) is 7.79. The van der Waals surface area contributed by atoms with Gasteiger partial charge < -0.3 is 9.80 Å². The standard InChI is InChI=1S/C29H36N4O/c1-2-3-7-22-12-14-24(15-13-22)29(34)33-20-18-32(19-21-33)28-17-16-27(30-31-28)26-11-6-9-23-8-4-5-10-25(23)26/h4-6,8-11,16-17,22,24H,2-3,7,12-15,18-21H2,1H3. The first-order valence-corrected chi connectivity index (χ1v) is 13.1. The van der Waals surface area contributed by atoms with E-state index < -0.39 is 0 Å². The maximum Gasteiger partial charge on any atom is 0.225 e. The number of fused-ring (bicyclic) bond motifs is 1. The molecule has 0 spiro atoms. The fraction of sp³-hybridized carbons (Fsp3) is 0.483. The van der Waals surface area contributed by atoms with Crippen molar-refractivity contribution >= 4 is 22.5 Å². The minimum Gasteiger partial charge on any atom is -0.352 e. The Balaban J connectivity index is 1.17. The predicted molar refractivity (Wildman–Crippen MR) is 139 cm³/mol. The largest absolute Gasteiger partial charge is 0.352 e. The van der Waals surface area contributed by atoms with E-state index in [1.807, 2.05) is 0 Å². The first-order valence-electron chi connectivity index (χ1n) is 13.1. The van der Waals surface area contributed by atoms with Gasteiger partial charge in [-0.2, -0.15) is 0 Å². The van der Waals surface area contributed by atoms with E-state index in [4.69, 9.17) is 0 Å². The zero-order valence-corrected chi connectivity index (χ0v) is 20.3. The molecule has 1 saturated carbocycles. The van der Waals surface area contributed by atoms with Gasteiger partial charge in [0, 0.05) is 37.7 Å². The summed E-state index contributed by atoms with van der Waals surface area (Å²) in [6, 6.07) is 18.8. The second kappa shape index (κ2) is 10.5. The minimum absolute atomic E-state index is 0.240. The van der Waals surface area contributed by atoms with Gasteiger partial charge in [0.25, 0.3) is 0 Å². The number of carbonyl (C=O) groups is 1. The molecule has 1 aromatic heterocycles. The number of amides is 1. The van der Waals surface area contributed by atoms with Gasteiger partial charge in [0.1, 0.15) is 0 Å². The van der Waals surface area contributed by atoms with Crippen molar-refractivity contribution in [1.29, 1.82) is 0 Å². The van der Waals surface area contributed by atoms with Gasteiger partial charge in [-0.1, -0.05) is 68.7 Å². The molecule has 0 atom stereocenters. The number of anilines is 1. The molecule has 3 aromatic rings. The lowest BCUT2D eigenvalue weighted by molar-refractivity contribution is -0.137. The SMILES string of the molecule is CCCCC1CCC(C(=O)N2CCN(c3ccc(-c4cccc5ccccc45)nn3)CC2)CC1. The van der Waals surface area contributed by atoms with Crippen molar-refractivity contribution in [3.63, 3.8) is 0 Å². The summed E-state index contributed by atoms with van der Waals surface area (Å²) in [4.78, 5) is 17.4. The zero-order chi connectivity index (χ0) is 23.3. The average Bonchev–Trinajstić information content (AvgIpc) is 2.92. The maximum absolute atomic E-state index is 13.1. The molecule has 5 heteroatoms. The van der Waals surface area contributed by atoms with Gasteiger partial charge in [-0.05, 0) is 54.5 Å². The van der Waals surface area contributed by atoms with Crippen LogP contribution in [-0.4, -0.2) is 47.2 Å². The van der Waals surface area contributed by atoms with E-state index >= 15 is 0 Å². The third kappa shape index (κ3) is 4.94. The molecule has 1 aliphatic carbocycles. The van der Waals surface area contributed by atoms with Crippen LogP contribution in [0.1, 0.15) is 51.9 Å². The highest BCUT2D eigenvalue weighted by molar-refractivity contribution is 5.95. The molecule has 178 valence electrons. The van der Waals surface area contributed by atoms with Crippen LogP contribution in [0.15, 0.2) is 54.6 Å². The van der Waals surface area contributed by atoms with Crippen LogP contribution < -0.4 is 4.90 Å². The second-order valence-corrected chi connectivity index (χ2v) is 9.98. The highest BCUT2D eigenvalue weighted by atomic mass is 16.2. The molecule has 0 N–H and O–H groups in total. The lowest BCUT2D eigenvalue weighted by Crippen LogP contribution is -2.51. The zero-order valence-electron chi connectivity index (χ0n) is 20.3. The quantitative estimate of drug-likeness (QED) is 0.460. The monoisotopic (exact) mass is 456 g/mol. The van der Waals surface area contributed by atoms with Crippen molar-refractivity contribution in [2.24, 2.45) is 11.8 Å². The number of hydrogen-bond donors (Lipinski definition) is 0. The van der Waals surface area contributed by atoms with Crippen LogP contribution in [0.25, 0.3) is 22.0 Å². The van der Waals surface area contributed by atoms with Crippen LogP contribution in [0.2, 0.25) is 0 Å². The van der Waals surface area contributed by atoms with Crippen molar-refractivity contribution in [1.82, 2.24) is 15.1 Å². The van der Waals surface area contributed by atoms with Crippen LogP contribution in [-0.2, 0) is 4.79 Å². The molecule has 0 unspecified atom stereocenters.